The van der Waals surface area contributed by atoms with Crippen LogP contribution < -0.4 is 10.5 Å². The van der Waals surface area contributed by atoms with Gasteiger partial charge in [0.25, 0.3) is 0 Å². The van der Waals surface area contributed by atoms with Crippen LogP contribution in [0.5, 0.6) is 0 Å². The van der Waals surface area contributed by atoms with Gasteiger partial charge in [0.05, 0.1) is 17.7 Å². The number of hydrogen-bond acceptors (Lipinski definition) is 5. The van der Waals surface area contributed by atoms with Crippen molar-refractivity contribution in [2.75, 3.05) is 30.5 Å². The molecule has 1 amide bonds. The van der Waals surface area contributed by atoms with Crippen molar-refractivity contribution in [2.45, 2.75) is 32.2 Å². The Labute approximate surface area is 119 Å². The van der Waals surface area contributed by atoms with Crippen molar-refractivity contribution in [1.29, 1.82) is 0 Å². The molecule has 112 valence electrons. The number of sulfonamides is 1. The molecule has 19 heavy (non-hydrogen) atoms. The van der Waals surface area contributed by atoms with Gasteiger partial charge in [-0.05, 0) is 19.8 Å². The van der Waals surface area contributed by atoms with E-state index in [2.05, 4.69) is 4.72 Å². The third kappa shape index (κ3) is 6.11. The summed E-state index contributed by atoms with van der Waals surface area (Å²) in [5.74, 6) is 1.83. The Bertz CT molecular complexity index is 381. The van der Waals surface area contributed by atoms with Crippen LogP contribution in [0.3, 0.4) is 0 Å². The first-order chi connectivity index (χ1) is 8.96. The van der Waals surface area contributed by atoms with E-state index in [-0.39, 0.29) is 11.7 Å². The lowest BCUT2D eigenvalue weighted by atomic mass is 10.1. The molecule has 1 aliphatic rings. The van der Waals surface area contributed by atoms with Crippen LogP contribution in [-0.2, 0) is 14.8 Å². The van der Waals surface area contributed by atoms with Gasteiger partial charge in [-0.1, -0.05) is 6.42 Å². The van der Waals surface area contributed by atoms with Crippen LogP contribution in [0.4, 0.5) is 0 Å². The quantitative estimate of drug-likeness (QED) is 0.614. The van der Waals surface area contributed by atoms with Gasteiger partial charge in [0.15, 0.2) is 0 Å². The van der Waals surface area contributed by atoms with Gasteiger partial charge in [-0.15, -0.1) is 11.8 Å². The van der Waals surface area contributed by atoms with Crippen LogP contribution in [0.1, 0.15) is 26.2 Å². The number of hydrogen-bond donors (Lipinski definition) is 2. The maximum absolute atomic E-state index is 11.9. The molecule has 1 atom stereocenters. The van der Waals surface area contributed by atoms with Crippen molar-refractivity contribution in [3.63, 3.8) is 0 Å². The van der Waals surface area contributed by atoms with Crippen molar-refractivity contribution < 1.29 is 13.2 Å². The van der Waals surface area contributed by atoms with E-state index < -0.39 is 16.1 Å². The Morgan fingerprint density at radius 1 is 1.47 bits per heavy atom. The number of thioether (sulfide) groups is 1. The molecule has 6 nitrogen and oxygen atoms in total. The molecule has 0 aliphatic carbocycles. The fourth-order valence-electron chi connectivity index (χ4n) is 1.76. The zero-order valence-corrected chi connectivity index (χ0v) is 12.9. The first-order valence-electron chi connectivity index (χ1n) is 6.55. The summed E-state index contributed by atoms with van der Waals surface area (Å²) in [6, 6.07) is -0.457. The molecule has 0 spiro atoms. The van der Waals surface area contributed by atoms with Crippen molar-refractivity contribution in [3.8, 4) is 0 Å². The van der Waals surface area contributed by atoms with Crippen molar-refractivity contribution in [3.05, 3.63) is 0 Å². The number of amides is 1. The zero-order chi connectivity index (χ0) is 14.3. The third-order valence-electron chi connectivity index (χ3n) is 3.03. The van der Waals surface area contributed by atoms with Gasteiger partial charge in [0.1, 0.15) is 0 Å². The Balaban J connectivity index is 2.13. The largest absolute Gasteiger partial charge is 0.331 e. The Kier molecular flexibility index (Phi) is 7.12. The minimum atomic E-state index is -3.11. The van der Waals surface area contributed by atoms with E-state index in [1.165, 1.54) is 0 Å². The second kappa shape index (κ2) is 8.08. The summed E-state index contributed by atoms with van der Waals surface area (Å²) in [7, 11) is -3.11. The highest BCUT2D eigenvalue weighted by Crippen LogP contribution is 2.15. The summed E-state index contributed by atoms with van der Waals surface area (Å²) in [5.41, 5.74) is 5.85. The maximum Gasteiger partial charge on any atom is 0.240 e. The molecular weight excluding hydrogens is 286 g/mol. The van der Waals surface area contributed by atoms with E-state index in [0.29, 0.717) is 19.4 Å². The molecule has 0 aromatic rings. The fraction of sp³-hybridized carbons (Fsp3) is 0.909. The van der Waals surface area contributed by atoms with Crippen LogP contribution in [0, 0.1) is 0 Å². The molecule has 1 rings (SSSR count). The topological polar surface area (TPSA) is 92.5 Å². The van der Waals surface area contributed by atoms with Crippen molar-refractivity contribution in [1.82, 2.24) is 9.62 Å². The average molecular weight is 309 g/mol. The molecule has 1 aliphatic heterocycles. The van der Waals surface area contributed by atoms with E-state index in [9.17, 15) is 13.2 Å². The van der Waals surface area contributed by atoms with Gasteiger partial charge in [-0.2, -0.15) is 0 Å². The lowest BCUT2D eigenvalue weighted by Crippen LogP contribution is -2.42. The number of rotatable bonds is 8. The summed E-state index contributed by atoms with van der Waals surface area (Å²) in [6.07, 6.45) is 2.06. The molecule has 1 saturated heterocycles. The average Bonchev–Trinajstić information content (AvgIpc) is 2.91. The summed E-state index contributed by atoms with van der Waals surface area (Å²) >= 11 is 1.74. The van der Waals surface area contributed by atoms with Crippen molar-refractivity contribution in [2.24, 2.45) is 5.73 Å². The van der Waals surface area contributed by atoms with Gasteiger partial charge >= 0.3 is 0 Å². The number of carbonyl (C=O) groups is 1. The van der Waals surface area contributed by atoms with Crippen LogP contribution in [0.25, 0.3) is 0 Å². The molecule has 0 aromatic heterocycles. The third-order valence-corrected chi connectivity index (χ3v) is 5.39. The molecule has 1 heterocycles. The SMILES string of the molecule is CCS(=O)(=O)NCCCCC(N)C(=O)N1CCSC1. The zero-order valence-electron chi connectivity index (χ0n) is 11.3. The van der Waals surface area contributed by atoms with E-state index in [4.69, 9.17) is 5.73 Å². The standard InChI is InChI=1S/C11H23N3O3S2/c1-2-19(16,17)13-6-4-3-5-10(12)11(15)14-7-8-18-9-14/h10,13H,2-9,12H2,1H3. The molecule has 0 saturated carbocycles. The first kappa shape index (κ1) is 16.7. The Morgan fingerprint density at radius 3 is 2.79 bits per heavy atom. The molecular formula is C11H23N3O3S2. The lowest BCUT2D eigenvalue weighted by Gasteiger charge is -2.19. The van der Waals surface area contributed by atoms with E-state index in [1.807, 2.05) is 0 Å². The highest BCUT2D eigenvalue weighted by Gasteiger charge is 2.23. The highest BCUT2D eigenvalue weighted by atomic mass is 32.2. The van der Waals surface area contributed by atoms with Crippen LogP contribution >= 0.6 is 11.8 Å². The number of nitrogens with one attached hydrogen (secondary N) is 1. The van der Waals surface area contributed by atoms with E-state index in [0.717, 1.165) is 24.6 Å². The Hall–Kier alpha value is -0.310. The fourth-order valence-corrected chi connectivity index (χ4v) is 3.38. The summed E-state index contributed by atoms with van der Waals surface area (Å²) < 4.78 is 24.9. The van der Waals surface area contributed by atoms with Crippen LogP contribution in [-0.4, -0.2) is 55.7 Å². The van der Waals surface area contributed by atoms with Gasteiger partial charge in [0.2, 0.25) is 15.9 Å². The highest BCUT2D eigenvalue weighted by molar-refractivity contribution is 7.99. The molecule has 3 N–H and O–H groups in total. The maximum atomic E-state index is 11.9. The molecule has 8 heteroatoms. The number of nitrogens with two attached hydrogens (primary N) is 1. The summed E-state index contributed by atoms with van der Waals surface area (Å²) in [5, 5.41) is 0. The number of nitrogens with zero attached hydrogens (tertiary/aromatic N) is 1. The van der Waals surface area contributed by atoms with Gasteiger partial charge in [-0.25, -0.2) is 13.1 Å². The summed E-state index contributed by atoms with van der Waals surface area (Å²) in [4.78, 5) is 13.7. The number of unbranched alkanes of at least 4 members (excludes halogenated alkanes) is 1. The van der Waals surface area contributed by atoms with Crippen LogP contribution in [0.15, 0.2) is 0 Å². The predicted octanol–water partition coefficient (Wildman–Crippen LogP) is -0.0438. The van der Waals surface area contributed by atoms with Gasteiger partial charge < -0.3 is 10.6 Å². The molecule has 1 unspecified atom stereocenters. The van der Waals surface area contributed by atoms with Gasteiger partial charge in [-0.3, -0.25) is 4.79 Å². The second-order valence-corrected chi connectivity index (χ2v) is 7.71. The molecule has 1 fully saturated rings. The van der Waals surface area contributed by atoms with E-state index >= 15 is 0 Å². The predicted molar refractivity (Wildman–Crippen MR) is 78.3 cm³/mol. The smallest absolute Gasteiger partial charge is 0.240 e. The number of carbonyl (C=O) groups excluding carboxylic acids is 1. The van der Waals surface area contributed by atoms with Gasteiger partial charge in [0, 0.05) is 18.8 Å². The second-order valence-electron chi connectivity index (χ2n) is 4.54. The summed E-state index contributed by atoms with van der Waals surface area (Å²) in [6.45, 7) is 2.80. The Morgan fingerprint density at radius 2 is 2.21 bits per heavy atom. The first-order valence-corrected chi connectivity index (χ1v) is 9.36. The minimum absolute atomic E-state index is 0.0131. The van der Waals surface area contributed by atoms with Crippen LogP contribution in [0.2, 0.25) is 0 Å². The molecule has 0 radical (unpaired) electrons. The monoisotopic (exact) mass is 309 g/mol. The minimum Gasteiger partial charge on any atom is -0.331 e. The molecule has 0 aromatic carbocycles. The van der Waals surface area contributed by atoms with E-state index in [1.54, 1.807) is 23.6 Å². The van der Waals surface area contributed by atoms with Crippen molar-refractivity contribution >= 4 is 27.7 Å². The molecule has 0 bridgehead atoms. The lowest BCUT2D eigenvalue weighted by molar-refractivity contribution is -0.131. The normalized spacial score (nSPS) is 17.7.